The molecule has 128 valence electrons. The smallest absolute Gasteiger partial charge is 0.340 e. The molecule has 0 N–H and O–H groups in total. The van der Waals surface area contributed by atoms with Gasteiger partial charge in [0, 0.05) is 13.0 Å². The Bertz CT molecular complexity index is 834. The summed E-state index contributed by atoms with van der Waals surface area (Å²) < 4.78 is 18.6. The predicted octanol–water partition coefficient (Wildman–Crippen LogP) is 2.99. The number of Topliss-reactive ketones (excluding diaryl/α,β-unsaturated/α-hetero) is 1. The monoisotopic (exact) mass is 341 g/mol. The van der Waals surface area contributed by atoms with Crippen molar-refractivity contribution >= 4 is 23.3 Å². The highest BCUT2D eigenvalue weighted by Crippen LogP contribution is 2.26. The fraction of sp³-hybridized carbons (Fsp3) is 0.211. The number of esters is 1. The first-order chi connectivity index (χ1) is 12.1. The second-order valence-electron chi connectivity index (χ2n) is 5.65. The third-order valence-electron chi connectivity index (χ3n) is 4.00. The van der Waals surface area contributed by atoms with Gasteiger partial charge in [0.1, 0.15) is 5.82 Å². The van der Waals surface area contributed by atoms with Crippen LogP contribution in [0.4, 0.5) is 10.1 Å². The number of hydrogen-bond donors (Lipinski definition) is 0. The fourth-order valence-electron chi connectivity index (χ4n) is 2.76. The molecule has 2 aromatic carbocycles. The third-order valence-corrected chi connectivity index (χ3v) is 4.00. The van der Waals surface area contributed by atoms with E-state index >= 15 is 0 Å². The minimum atomic E-state index is -0.722. The topological polar surface area (TPSA) is 63.7 Å². The van der Waals surface area contributed by atoms with Crippen LogP contribution in [0.25, 0.3) is 0 Å². The van der Waals surface area contributed by atoms with Gasteiger partial charge in [-0.1, -0.05) is 24.3 Å². The first kappa shape index (κ1) is 16.8. The van der Waals surface area contributed by atoms with Gasteiger partial charge < -0.3 is 9.64 Å². The van der Waals surface area contributed by atoms with Gasteiger partial charge in [0.2, 0.25) is 11.7 Å². The van der Waals surface area contributed by atoms with Crippen molar-refractivity contribution in [2.75, 3.05) is 18.1 Å². The van der Waals surface area contributed by atoms with E-state index in [9.17, 15) is 18.8 Å². The molecule has 5 nitrogen and oxygen atoms in total. The fourth-order valence-corrected chi connectivity index (χ4v) is 2.76. The lowest BCUT2D eigenvalue weighted by Gasteiger charge is -2.18. The molecule has 2 aromatic rings. The number of benzene rings is 2. The first-order valence-corrected chi connectivity index (χ1v) is 7.92. The highest BCUT2D eigenvalue weighted by molar-refractivity contribution is 6.05. The lowest BCUT2D eigenvalue weighted by atomic mass is 10.1. The molecule has 0 aromatic heterocycles. The molecule has 1 fully saturated rings. The van der Waals surface area contributed by atoms with Gasteiger partial charge in [0.25, 0.3) is 0 Å². The van der Waals surface area contributed by atoms with E-state index in [-0.39, 0.29) is 17.0 Å². The number of ketones is 1. The van der Waals surface area contributed by atoms with Crippen molar-refractivity contribution in [3.8, 4) is 0 Å². The van der Waals surface area contributed by atoms with Crippen LogP contribution in [-0.2, 0) is 9.53 Å². The summed E-state index contributed by atoms with van der Waals surface area (Å²) in [6.07, 6.45) is 1.17. The zero-order valence-electron chi connectivity index (χ0n) is 13.4. The van der Waals surface area contributed by atoms with E-state index in [0.717, 1.165) is 6.42 Å². The van der Waals surface area contributed by atoms with E-state index in [1.54, 1.807) is 18.2 Å². The maximum Gasteiger partial charge on any atom is 0.340 e. The molecular weight excluding hydrogens is 325 g/mol. The van der Waals surface area contributed by atoms with E-state index < -0.39 is 24.2 Å². The number of nitrogens with zero attached hydrogens (tertiary/aromatic N) is 1. The predicted molar refractivity (Wildman–Crippen MR) is 89.0 cm³/mol. The molecule has 0 radical (unpaired) electrons. The molecule has 0 atom stereocenters. The van der Waals surface area contributed by atoms with Crippen molar-refractivity contribution in [2.45, 2.75) is 12.8 Å². The lowest BCUT2D eigenvalue weighted by molar-refractivity contribution is -0.117. The van der Waals surface area contributed by atoms with Crippen molar-refractivity contribution in [3.05, 3.63) is 65.5 Å². The summed E-state index contributed by atoms with van der Waals surface area (Å²) in [6.45, 7) is -0.0284. The Balaban J connectivity index is 1.73. The Morgan fingerprint density at radius 2 is 1.72 bits per heavy atom. The molecule has 0 unspecified atom stereocenters. The Morgan fingerprint density at radius 3 is 2.40 bits per heavy atom. The Labute approximate surface area is 144 Å². The minimum absolute atomic E-state index is 0.0531. The molecule has 1 aliphatic heterocycles. The second-order valence-corrected chi connectivity index (χ2v) is 5.65. The van der Waals surface area contributed by atoms with Gasteiger partial charge in [0.05, 0.1) is 16.8 Å². The average Bonchev–Trinajstić information content (AvgIpc) is 3.05. The molecule has 3 rings (SSSR count). The highest BCUT2D eigenvalue weighted by Gasteiger charge is 2.26. The van der Waals surface area contributed by atoms with Crippen LogP contribution in [0.3, 0.4) is 0 Å². The largest absolute Gasteiger partial charge is 0.454 e. The molecular formula is C19H16FNO4. The van der Waals surface area contributed by atoms with Crippen LogP contribution in [-0.4, -0.2) is 30.8 Å². The van der Waals surface area contributed by atoms with Crippen molar-refractivity contribution in [1.29, 1.82) is 0 Å². The zero-order chi connectivity index (χ0) is 17.8. The molecule has 6 heteroatoms. The lowest BCUT2D eigenvalue weighted by Crippen LogP contribution is -2.26. The summed E-state index contributed by atoms with van der Waals surface area (Å²) in [5, 5.41) is 0. The van der Waals surface area contributed by atoms with E-state index in [0.29, 0.717) is 18.7 Å². The van der Waals surface area contributed by atoms with Gasteiger partial charge in [-0.05, 0) is 30.7 Å². The van der Waals surface area contributed by atoms with Gasteiger partial charge >= 0.3 is 5.97 Å². The minimum Gasteiger partial charge on any atom is -0.454 e. The number of para-hydroxylation sites is 1. The molecule has 25 heavy (non-hydrogen) atoms. The summed E-state index contributed by atoms with van der Waals surface area (Å²) in [4.78, 5) is 37.8. The Hall–Kier alpha value is -3.02. The zero-order valence-corrected chi connectivity index (χ0v) is 13.4. The molecule has 1 heterocycles. The quantitative estimate of drug-likeness (QED) is 0.619. The van der Waals surface area contributed by atoms with Gasteiger partial charge in [-0.15, -0.1) is 0 Å². The summed E-state index contributed by atoms with van der Waals surface area (Å²) in [7, 11) is 0. The van der Waals surface area contributed by atoms with E-state index in [1.807, 2.05) is 0 Å². The number of halogens is 1. The molecule has 1 saturated heterocycles. The highest BCUT2D eigenvalue weighted by atomic mass is 19.1. The van der Waals surface area contributed by atoms with Crippen molar-refractivity contribution in [2.24, 2.45) is 0 Å². The molecule has 1 amide bonds. The Kier molecular flexibility index (Phi) is 4.88. The standard InChI is InChI=1S/C19H16FNO4/c20-15-8-3-1-6-13(15)17(22)12-25-19(24)14-7-2-4-9-16(14)21-11-5-10-18(21)23/h1-4,6-9H,5,10-12H2. The number of anilines is 1. The summed E-state index contributed by atoms with van der Waals surface area (Å²) >= 11 is 0. The number of amides is 1. The van der Waals surface area contributed by atoms with Gasteiger partial charge in [-0.3, -0.25) is 9.59 Å². The molecule has 0 aliphatic carbocycles. The van der Waals surface area contributed by atoms with Gasteiger partial charge in [-0.2, -0.15) is 0 Å². The average molecular weight is 341 g/mol. The van der Waals surface area contributed by atoms with Gasteiger partial charge in [-0.25, -0.2) is 9.18 Å². The van der Waals surface area contributed by atoms with Crippen LogP contribution in [0.2, 0.25) is 0 Å². The van der Waals surface area contributed by atoms with E-state index in [1.165, 1.54) is 35.2 Å². The third kappa shape index (κ3) is 3.57. The van der Waals surface area contributed by atoms with E-state index in [2.05, 4.69) is 0 Å². The second kappa shape index (κ2) is 7.25. The van der Waals surface area contributed by atoms with Crippen molar-refractivity contribution < 1.29 is 23.5 Å². The van der Waals surface area contributed by atoms with Crippen LogP contribution < -0.4 is 4.90 Å². The molecule has 0 spiro atoms. The molecule has 0 bridgehead atoms. The molecule has 0 saturated carbocycles. The number of carbonyl (C=O) groups excluding carboxylic acids is 3. The maximum atomic E-state index is 13.6. The number of hydrogen-bond acceptors (Lipinski definition) is 4. The number of carbonyl (C=O) groups is 3. The van der Waals surface area contributed by atoms with Crippen LogP contribution in [0.5, 0.6) is 0 Å². The Morgan fingerprint density at radius 1 is 1.04 bits per heavy atom. The normalized spacial score (nSPS) is 13.8. The van der Waals surface area contributed by atoms with Crippen LogP contribution >= 0.6 is 0 Å². The maximum absolute atomic E-state index is 13.6. The summed E-state index contributed by atoms with van der Waals surface area (Å²) in [6, 6.07) is 12.1. The van der Waals surface area contributed by atoms with Crippen LogP contribution in [0, 0.1) is 5.82 Å². The van der Waals surface area contributed by atoms with Crippen LogP contribution in [0.15, 0.2) is 48.5 Å². The molecule has 1 aliphatic rings. The summed E-state index contributed by atoms with van der Waals surface area (Å²) in [5.41, 5.74) is 0.547. The van der Waals surface area contributed by atoms with Crippen molar-refractivity contribution in [3.63, 3.8) is 0 Å². The van der Waals surface area contributed by atoms with E-state index in [4.69, 9.17) is 4.74 Å². The SMILES string of the molecule is O=C(COC(=O)c1ccccc1N1CCCC1=O)c1ccccc1F. The first-order valence-electron chi connectivity index (χ1n) is 7.92. The van der Waals surface area contributed by atoms with Crippen molar-refractivity contribution in [1.82, 2.24) is 0 Å². The van der Waals surface area contributed by atoms with Crippen LogP contribution in [0.1, 0.15) is 33.6 Å². The van der Waals surface area contributed by atoms with Gasteiger partial charge in [0.15, 0.2) is 6.61 Å². The number of ether oxygens (including phenoxy) is 1. The number of rotatable bonds is 5. The summed E-state index contributed by atoms with van der Waals surface area (Å²) in [5.74, 6) is -2.06.